The van der Waals surface area contributed by atoms with Crippen molar-refractivity contribution in [1.29, 1.82) is 0 Å². The van der Waals surface area contributed by atoms with Gasteiger partial charge in [0.1, 0.15) is 5.82 Å². The van der Waals surface area contributed by atoms with Crippen LogP contribution in [0.1, 0.15) is 16.2 Å². The molecule has 0 saturated carbocycles. The summed E-state index contributed by atoms with van der Waals surface area (Å²) in [6, 6.07) is 2.38. The molecule has 0 aliphatic rings. The number of benzene rings is 1. The Hall–Kier alpha value is -2.64. The quantitative estimate of drug-likeness (QED) is 0.627. The first kappa shape index (κ1) is 13.8. The maximum Gasteiger partial charge on any atom is 0.340 e. The molecule has 2 rings (SSSR count). The van der Waals surface area contributed by atoms with Crippen LogP contribution in [0.25, 0.3) is 0 Å². The minimum atomic E-state index is -0.623. The number of esters is 1. The topological polar surface area (TPSA) is 103 Å². The molecule has 106 valence electrons. The molecule has 0 aliphatic carbocycles. The van der Waals surface area contributed by atoms with Gasteiger partial charge in [-0.1, -0.05) is 5.16 Å². The molecule has 0 saturated heterocycles. The Morgan fingerprint density at radius 1 is 1.55 bits per heavy atom. The van der Waals surface area contributed by atoms with E-state index >= 15 is 0 Å². The van der Waals surface area contributed by atoms with Crippen molar-refractivity contribution in [2.75, 3.05) is 24.7 Å². The zero-order valence-electron chi connectivity index (χ0n) is 10.7. The number of ether oxygens (including phenoxy) is 1. The van der Waals surface area contributed by atoms with Gasteiger partial charge in [0.25, 0.3) is 0 Å². The third-order valence-electron chi connectivity index (χ3n) is 2.61. The largest absolute Gasteiger partial charge is 0.465 e. The highest BCUT2D eigenvalue weighted by atomic mass is 19.1. The van der Waals surface area contributed by atoms with E-state index in [0.717, 1.165) is 6.07 Å². The summed E-state index contributed by atoms with van der Waals surface area (Å²) in [5.74, 6) is -0.746. The number of methoxy groups -OCH3 is 1. The maximum absolute atomic E-state index is 13.7. The molecule has 7 nitrogen and oxygen atoms in total. The van der Waals surface area contributed by atoms with E-state index in [9.17, 15) is 9.18 Å². The maximum atomic E-state index is 13.7. The Bertz CT molecular complexity index is 601. The smallest absolute Gasteiger partial charge is 0.340 e. The molecule has 0 fully saturated rings. The standard InChI is InChI=1S/C12H13FN4O3/c1-19-12(18)7-4-10(8(13)5-9(7)14)15-3-2-11-16-6-17-20-11/h4-6,15H,2-3,14H2,1H3. The van der Waals surface area contributed by atoms with Crippen LogP contribution in [-0.4, -0.2) is 29.8 Å². The Kier molecular flexibility index (Phi) is 4.14. The fraction of sp³-hybridized carbons (Fsp3) is 0.250. The minimum Gasteiger partial charge on any atom is -0.465 e. The van der Waals surface area contributed by atoms with E-state index in [2.05, 4.69) is 20.2 Å². The van der Waals surface area contributed by atoms with Crippen LogP contribution in [-0.2, 0) is 11.2 Å². The lowest BCUT2D eigenvalue weighted by atomic mass is 10.1. The van der Waals surface area contributed by atoms with E-state index in [4.69, 9.17) is 10.3 Å². The molecule has 0 spiro atoms. The molecule has 0 atom stereocenters. The molecule has 0 bridgehead atoms. The second-order valence-corrected chi connectivity index (χ2v) is 3.92. The van der Waals surface area contributed by atoms with Gasteiger partial charge in [0.15, 0.2) is 6.33 Å². The van der Waals surface area contributed by atoms with E-state index < -0.39 is 11.8 Å². The molecule has 2 aromatic rings. The molecule has 20 heavy (non-hydrogen) atoms. The number of anilines is 2. The fourth-order valence-corrected chi connectivity index (χ4v) is 1.62. The first-order chi connectivity index (χ1) is 9.61. The first-order valence-corrected chi connectivity index (χ1v) is 5.78. The third kappa shape index (κ3) is 3.02. The monoisotopic (exact) mass is 280 g/mol. The number of nitrogens with zero attached hydrogens (tertiary/aromatic N) is 2. The van der Waals surface area contributed by atoms with Crippen molar-refractivity contribution in [3.05, 3.63) is 35.7 Å². The van der Waals surface area contributed by atoms with Crippen LogP contribution in [0.15, 0.2) is 23.0 Å². The van der Waals surface area contributed by atoms with Gasteiger partial charge in [-0.05, 0) is 12.1 Å². The van der Waals surface area contributed by atoms with Crippen LogP contribution in [0, 0.1) is 5.82 Å². The molecule has 0 unspecified atom stereocenters. The summed E-state index contributed by atoms with van der Waals surface area (Å²) in [5.41, 5.74) is 5.85. The van der Waals surface area contributed by atoms with Gasteiger partial charge in [0.05, 0.1) is 18.4 Å². The minimum absolute atomic E-state index is 0.0248. The van der Waals surface area contributed by atoms with Gasteiger partial charge in [0, 0.05) is 18.7 Å². The van der Waals surface area contributed by atoms with E-state index in [1.165, 1.54) is 19.5 Å². The lowest BCUT2D eigenvalue weighted by Gasteiger charge is -2.10. The van der Waals surface area contributed by atoms with Gasteiger partial charge in [-0.3, -0.25) is 0 Å². The predicted octanol–water partition coefficient (Wildman–Crippen LogP) is 1.23. The highest BCUT2D eigenvalue weighted by Crippen LogP contribution is 2.22. The molecule has 0 amide bonds. The molecule has 0 radical (unpaired) electrons. The number of carbonyl (C=O) groups excluding carboxylic acids is 1. The number of hydrogen-bond acceptors (Lipinski definition) is 7. The number of nitrogen functional groups attached to an aromatic ring is 1. The van der Waals surface area contributed by atoms with E-state index in [-0.39, 0.29) is 16.9 Å². The Labute approximate surface area is 113 Å². The summed E-state index contributed by atoms with van der Waals surface area (Å²) in [6.45, 7) is 0.365. The van der Waals surface area contributed by atoms with Gasteiger partial charge >= 0.3 is 5.97 Å². The van der Waals surface area contributed by atoms with Crippen molar-refractivity contribution < 1.29 is 18.4 Å². The molecular formula is C12H13FN4O3. The van der Waals surface area contributed by atoms with Crippen molar-refractivity contribution in [2.24, 2.45) is 0 Å². The summed E-state index contributed by atoms with van der Waals surface area (Å²) in [6.07, 6.45) is 1.71. The van der Waals surface area contributed by atoms with Crippen molar-refractivity contribution in [3.63, 3.8) is 0 Å². The number of hydrogen-bond donors (Lipinski definition) is 2. The lowest BCUT2D eigenvalue weighted by molar-refractivity contribution is 0.0602. The van der Waals surface area contributed by atoms with Crippen molar-refractivity contribution in [2.45, 2.75) is 6.42 Å². The summed E-state index contributed by atoms with van der Waals surface area (Å²) < 4.78 is 23.1. The second kappa shape index (κ2) is 6.00. The second-order valence-electron chi connectivity index (χ2n) is 3.92. The van der Waals surface area contributed by atoms with Crippen LogP contribution in [0.5, 0.6) is 0 Å². The van der Waals surface area contributed by atoms with Crippen molar-refractivity contribution in [1.82, 2.24) is 10.1 Å². The molecule has 3 N–H and O–H groups in total. The van der Waals surface area contributed by atoms with E-state index in [0.29, 0.717) is 18.9 Å². The van der Waals surface area contributed by atoms with Gasteiger partial charge in [-0.15, -0.1) is 0 Å². The number of nitrogens with one attached hydrogen (secondary N) is 1. The van der Waals surface area contributed by atoms with E-state index in [1.54, 1.807) is 0 Å². The average molecular weight is 280 g/mol. The SMILES string of the molecule is COC(=O)c1cc(NCCc2ncno2)c(F)cc1N. The lowest BCUT2D eigenvalue weighted by Crippen LogP contribution is -2.11. The number of carbonyl (C=O) groups is 1. The molecule has 8 heteroatoms. The van der Waals surface area contributed by atoms with Crippen LogP contribution < -0.4 is 11.1 Å². The summed E-state index contributed by atoms with van der Waals surface area (Å²) in [7, 11) is 1.23. The van der Waals surface area contributed by atoms with Gasteiger partial charge in [0.2, 0.25) is 5.89 Å². The number of halogens is 1. The molecule has 1 heterocycles. The van der Waals surface area contributed by atoms with Crippen molar-refractivity contribution in [3.8, 4) is 0 Å². The normalized spacial score (nSPS) is 10.3. The third-order valence-corrected chi connectivity index (χ3v) is 2.61. The Balaban J connectivity index is 2.08. The Morgan fingerprint density at radius 3 is 3.00 bits per heavy atom. The summed E-state index contributed by atoms with van der Waals surface area (Å²) in [5, 5.41) is 6.29. The molecular weight excluding hydrogens is 267 g/mol. The van der Waals surface area contributed by atoms with Crippen LogP contribution in [0.4, 0.5) is 15.8 Å². The fourth-order valence-electron chi connectivity index (χ4n) is 1.62. The summed E-state index contributed by atoms with van der Waals surface area (Å²) in [4.78, 5) is 15.3. The zero-order valence-corrected chi connectivity index (χ0v) is 10.7. The van der Waals surface area contributed by atoms with Gasteiger partial charge < -0.3 is 20.3 Å². The van der Waals surface area contributed by atoms with E-state index in [1.807, 2.05) is 0 Å². The number of rotatable bonds is 5. The molecule has 1 aromatic carbocycles. The number of aromatic nitrogens is 2. The van der Waals surface area contributed by atoms with Crippen LogP contribution >= 0.6 is 0 Å². The highest BCUT2D eigenvalue weighted by Gasteiger charge is 2.14. The average Bonchev–Trinajstić information content (AvgIpc) is 2.93. The first-order valence-electron chi connectivity index (χ1n) is 5.78. The van der Waals surface area contributed by atoms with Gasteiger partial charge in [-0.2, -0.15) is 4.98 Å². The highest BCUT2D eigenvalue weighted by molar-refractivity contribution is 5.96. The molecule has 1 aromatic heterocycles. The Morgan fingerprint density at radius 2 is 2.35 bits per heavy atom. The van der Waals surface area contributed by atoms with Crippen LogP contribution in [0.2, 0.25) is 0 Å². The zero-order chi connectivity index (χ0) is 14.5. The molecule has 0 aliphatic heterocycles. The predicted molar refractivity (Wildman–Crippen MR) is 68.6 cm³/mol. The van der Waals surface area contributed by atoms with Gasteiger partial charge in [-0.25, -0.2) is 9.18 Å². The number of nitrogens with two attached hydrogens (primary N) is 1. The summed E-state index contributed by atoms with van der Waals surface area (Å²) >= 11 is 0. The van der Waals surface area contributed by atoms with Crippen molar-refractivity contribution >= 4 is 17.3 Å². The van der Waals surface area contributed by atoms with Crippen LogP contribution in [0.3, 0.4) is 0 Å².